The van der Waals surface area contributed by atoms with Crippen molar-refractivity contribution in [2.75, 3.05) is 73.5 Å². The quantitative estimate of drug-likeness (QED) is 0.321. The molecule has 0 aliphatic carbocycles. The van der Waals surface area contributed by atoms with E-state index in [0.717, 1.165) is 76.6 Å². The monoisotopic (exact) mass is 570 g/mol. The highest BCUT2D eigenvalue weighted by molar-refractivity contribution is 14.0. The molecule has 2 saturated heterocycles. The molecular formula is C24H39IN6O2. The van der Waals surface area contributed by atoms with Crippen LogP contribution in [0.25, 0.3) is 0 Å². The molecule has 2 aliphatic heterocycles. The van der Waals surface area contributed by atoms with E-state index in [4.69, 9.17) is 0 Å². The smallest absolute Gasteiger partial charge is 0.253 e. The lowest BCUT2D eigenvalue weighted by atomic mass is 10.1. The normalized spacial score (nSPS) is 17.4. The van der Waals surface area contributed by atoms with Gasteiger partial charge in [0.15, 0.2) is 5.96 Å². The lowest BCUT2D eigenvalue weighted by Gasteiger charge is -2.37. The van der Waals surface area contributed by atoms with E-state index in [-0.39, 0.29) is 35.8 Å². The number of guanidine groups is 1. The second kappa shape index (κ2) is 13.7. The van der Waals surface area contributed by atoms with Crippen LogP contribution in [0.4, 0.5) is 0 Å². The fourth-order valence-electron chi connectivity index (χ4n) is 4.32. The minimum absolute atomic E-state index is 0. The summed E-state index contributed by atoms with van der Waals surface area (Å²) < 4.78 is 0. The third-order valence-corrected chi connectivity index (χ3v) is 6.23. The largest absolute Gasteiger partial charge is 0.356 e. The number of hydrogen-bond donors (Lipinski definition) is 1. The van der Waals surface area contributed by atoms with Crippen molar-refractivity contribution in [2.24, 2.45) is 4.99 Å². The number of rotatable bonds is 6. The maximum atomic E-state index is 12.5. The van der Waals surface area contributed by atoms with Gasteiger partial charge in [-0.1, -0.05) is 12.1 Å². The molecule has 3 rings (SSSR count). The number of carbonyl (C=O) groups excluding carboxylic acids is 2. The fraction of sp³-hybridized carbons (Fsp3) is 0.625. The molecule has 2 fully saturated rings. The molecule has 1 aromatic carbocycles. The maximum absolute atomic E-state index is 12.5. The van der Waals surface area contributed by atoms with Gasteiger partial charge in [-0.15, -0.1) is 24.0 Å². The highest BCUT2D eigenvalue weighted by Gasteiger charge is 2.24. The molecule has 2 amide bonds. The second-order valence-corrected chi connectivity index (χ2v) is 8.83. The van der Waals surface area contributed by atoms with Crippen molar-refractivity contribution in [1.82, 2.24) is 24.9 Å². The average Bonchev–Trinajstić information content (AvgIpc) is 2.82. The Bertz CT molecular complexity index is 802. The third kappa shape index (κ3) is 8.13. The van der Waals surface area contributed by atoms with Crippen molar-refractivity contribution in [3.8, 4) is 0 Å². The average molecular weight is 571 g/mol. The Labute approximate surface area is 215 Å². The summed E-state index contributed by atoms with van der Waals surface area (Å²) in [4.78, 5) is 37.3. The highest BCUT2D eigenvalue weighted by atomic mass is 127. The zero-order chi connectivity index (χ0) is 22.9. The van der Waals surface area contributed by atoms with Crippen molar-refractivity contribution in [3.05, 3.63) is 35.4 Å². The van der Waals surface area contributed by atoms with Crippen LogP contribution >= 0.6 is 24.0 Å². The molecule has 0 saturated carbocycles. The van der Waals surface area contributed by atoms with Crippen molar-refractivity contribution in [3.63, 3.8) is 0 Å². The van der Waals surface area contributed by atoms with Crippen LogP contribution in [0.5, 0.6) is 0 Å². The van der Waals surface area contributed by atoms with E-state index in [1.165, 1.54) is 6.42 Å². The summed E-state index contributed by atoms with van der Waals surface area (Å²) >= 11 is 0. The number of piperidine rings is 1. The van der Waals surface area contributed by atoms with Gasteiger partial charge in [-0.2, -0.15) is 0 Å². The summed E-state index contributed by atoms with van der Waals surface area (Å²) in [6.07, 6.45) is 4.33. The Morgan fingerprint density at radius 1 is 1.00 bits per heavy atom. The van der Waals surface area contributed by atoms with Gasteiger partial charge in [0.2, 0.25) is 5.91 Å². The number of carbonyl (C=O) groups is 2. The number of amides is 2. The summed E-state index contributed by atoms with van der Waals surface area (Å²) in [7, 11) is 5.35. The fourth-order valence-corrected chi connectivity index (χ4v) is 4.32. The second-order valence-electron chi connectivity index (χ2n) is 8.83. The Kier molecular flexibility index (Phi) is 11.4. The minimum atomic E-state index is 0. The standard InChI is InChI=1S/C24H38N6O2.HI/c1-25-24(26-11-10-20-8-7-9-21(18-20)23(32)27(2)3)30-16-14-28(15-17-30)19-22(31)29-12-5-4-6-13-29;/h7-9,18H,4-6,10-17,19H2,1-3H3,(H,25,26);1H. The Hall–Kier alpha value is -1.88. The highest BCUT2D eigenvalue weighted by Crippen LogP contribution is 2.11. The zero-order valence-electron chi connectivity index (χ0n) is 20.3. The van der Waals surface area contributed by atoms with E-state index in [0.29, 0.717) is 12.1 Å². The molecule has 33 heavy (non-hydrogen) atoms. The molecule has 0 spiro atoms. The van der Waals surface area contributed by atoms with E-state index in [1.807, 2.05) is 30.1 Å². The molecule has 2 heterocycles. The van der Waals surface area contributed by atoms with Crippen LogP contribution in [-0.2, 0) is 11.2 Å². The van der Waals surface area contributed by atoms with Crippen molar-refractivity contribution < 1.29 is 9.59 Å². The third-order valence-electron chi connectivity index (χ3n) is 6.23. The van der Waals surface area contributed by atoms with Crippen molar-refractivity contribution in [1.29, 1.82) is 0 Å². The molecule has 0 bridgehead atoms. The van der Waals surface area contributed by atoms with E-state index >= 15 is 0 Å². The minimum Gasteiger partial charge on any atom is -0.356 e. The first-order chi connectivity index (χ1) is 15.5. The molecule has 9 heteroatoms. The molecule has 0 unspecified atom stereocenters. The SMILES string of the molecule is CN=C(NCCc1cccc(C(=O)N(C)C)c1)N1CCN(CC(=O)N2CCCCC2)CC1.I. The van der Waals surface area contributed by atoms with E-state index in [1.54, 1.807) is 19.0 Å². The topological polar surface area (TPSA) is 71.5 Å². The number of likely N-dealkylation sites (tertiary alicyclic amines) is 1. The van der Waals surface area contributed by atoms with Crippen molar-refractivity contribution in [2.45, 2.75) is 25.7 Å². The first-order valence-electron chi connectivity index (χ1n) is 11.7. The summed E-state index contributed by atoms with van der Waals surface area (Å²) in [5, 5.41) is 3.45. The van der Waals surface area contributed by atoms with Crippen LogP contribution in [0.1, 0.15) is 35.2 Å². The summed E-state index contributed by atoms with van der Waals surface area (Å²) in [5.74, 6) is 1.19. The maximum Gasteiger partial charge on any atom is 0.253 e. The Balaban J connectivity index is 0.00000385. The molecule has 0 radical (unpaired) electrons. The Morgan fingerprint density at radius 3 is 2.33 bits per heavy atom. The van der Waals surface area contributed by atoms with Crippen LogP contribution < -0.4 is 5.32 Å². The van der Waals surface area contributed by atoms with Gasteiger partial charge in [0.25, 0.3) is 5.91 Å². The first-order valence-corrected chi connectivity index (χ1v) is 11.7. The van der Waals surface area contributed by atoms with Gasteiger partial charge >= 0.3 is 0 Å². The molecule has 2 aliphatic rings. The van der Waals surface area contributed by atoms with Crippen LogP contribution in [-0.4, -0.2) is 111 Å². The summed E-state index contributed by atoms with van der Waals surface area (Å²) in [6.45, 7) is 6.58. The van der Waals surface area contributed by atoms with Gasteiger partial charge in [0.1, 0.15) is 0 Å². The molecule has 8 nitrogen and oxygen atoms in total. The van der Waals surface area contributed by atoms with Gasteiger partial charge in [-0.05, 0) is 43.4 Å². The number of aliphatic imine (C=N–C) groups is 1. The number of benzene rings is 1. The van der Waals surface area contributed by atoms with Crippen molar-refractivity contribution >= 4 is 41.8 Å². The molecule has 1 N–H and O–H groups in total. The van der Waals surface area contributed by atoms with E-state index in [9.17, 15) is 9.59 Å². The van der Waals surface area contributed by atoms with Gasteiger partial charge < -0.3 is 20.0 Å². The van der Waals surface area contributed by atoms with Gasteiger partial charge in [0.05, 0.1) is 6.54 Å². The van der Waals surface area contributed by atoms with Gasteiger partial charge in [-0.25, -0.2) is 0 Å². The zero-order valence-corrected chi connectivity index (χ0v) is 22.6. The van der Waals surface area contributed by atoms with Crippen LogP contribution in [0.2, 0.25) is 0 Å². The lowest BCUT2D eigenvalue weighted by molar-refractivity contribution is -0.133. The molecule has 1 aromatic rings. The van der Waals surface area contributed by atoms with E-state index in [2.05, 4.69) is 26.2 Å². The molecular weight excluding hydrogens is 531 g/mol. The number of nitrogens with zero attached hydrogens (tertiary/aromatic N) is 5. The number of piperazine rings is 1. The lowest BCUT2D eigenvalue weighted by Crippen LogP contribution is -2.54. The molecule has 184 valence electrons. The number of hydrogen-bond acceptors (Lipinski definition) is 4. The van der Waals surface area contributed by atoms with E-state index < -0.39 is 0 Å². The summed E-state index contributed by atoms with van der Waals surface area (Å²) in [6, 6.07) is 7.80. The molecule has 0 aromatic heterocycles. The number of halogens is 1. The predicted octanol–water partition coefficient (Wildman–Crippen LogP) is 1.75. The summed E-state index contributed by atoms with van der Waals surface area (Å²) in [5.41, 5.74) is 1.84. The number of nitrogens with one attached hydrogen (secondary N) is 1. The predicted molar refractivity (Wildman–Crippen MR) is 143 cm³/mol. The Morgan fingerprint density at radius 2 is 1.70 bits per heavy atom. The van der Waals surface area contributed by atoms with Gasteiger partial charge in [0, 0.05) is 72.5 Å². The van der Waals surface area contributed by atoms with Gasteiger partial charge in [-0.3, -0.25) is 19.5 Å². The van der Waals surface area contributed by atoms with Crippen LogP contribution in [0.15, 0.2) is 29.3 Å². The first kappa shape index (κ1) is 27.4. The van der Waals surface area contributed by atoms with Crippen LogP contribution in [0, 0.1) is 0 Å². The van der Waals surface area contributed by atoms with Crippen LogP contribution in [0.3, 0.4) is 0 Å². The molecule has 0 atom stereocenters.